The molecule has 2 amide bonds. The fourth-order valence-corrected chi connectivity index (χ4v) is 4.25. The highest BCUT2D eigenvalue weighted by Crippen LogP contribution is 2.32. The predicted octanol–water partition coefficient (Wildman–Crippen LogP) is 1.07. The van der Waals surface area contributed by atoms with E-state index in [1.807, 2.05) is 0 Å². The van der Waals surface area contributed by atoms with Gasteiger partial charge in [0.2, 0.25) is 5.91 Å². The number of likely N-dealkylation sites (N-methyl/N-ethyl adjacent to an activating group) is 1. The molecule has 1 aromatic carbocycles. The van der Waals surface area contributed by atoms with Gasteiger partial charge in [-0.2, -0.15) is 0 Å². The van der Waals surface area contributed by atoms with Crippen molar-refractivity contribution in [1.82, 2.24) is 15.6 Å². The van der Waals surface area contributed by atoms with Gasteiger partial charge in [-0.25, -0.2) is 8.42 Å². The zero-order valence-electron chi connectivity index (χ0n) is 19.3. The van der Waals surface area contributed by atoms with E-state index in [1.165, 1.54) is 7.11 Å². The number of nitrogens with one attached hydrogen (secondary N) is 2. The number of fused-ring (bicyclic) bond motifs is 1. The number of nitrogens with two attached hydrogens (primary N) is 1. The number of carbonyl (C=O) groups is 2. The van der Waals surface area contributed by atoms with Crippen LogP contribution in [0.2, 0.25) is 0 Å². The lowest BCUT2D eigenvalue weighted by Crippen LogP contribution is -2.55. The highest BCUT2D eigenvalue weighted by molar-refractivity contribution is 7.90. The minimum absolute atomic E-state index is 0.0107. The number of amides is 2. The first-order chi connectivity index (χ1) is 16.1. The lowest BCUT2D eigenvalue weighted by atomic mass is 9.89. The highest BCUT2D eigenvalue weighted by atomic mass is 32.2. The molecule has 0 radical (unpaired) electrons. The van der Waals surface area contributed by atoms with Crippen molar-refractivity contribution in [3.8, 4) is 11.5 Å². The molecule has 11 heteroatoms. The van der Waals surface area contributed by atoms with Crippen LogP contribution in [0.25, 0.3) is 10.9 Å². The van der Waals surface area contributed by atoms with Crippen LogP contribution in [0.1, 0.15) is 23.2 Å². The minimum atomic E-state index is -3.08. The summed E-state index contributed by atoms with van der Waals surface area (Å²) in [6.07, 6.45) is 8.56. The van der Waals surface area contributed by atoms with Crippen LogP contribution < -0.4 is 25.8 Å². The summed E-state index contributed by atoms with van der Waals surface area (Å²) in [5.41, 5.74) is 5.27. The van der Waals surface area contributed by atoms with E-state index in [-0.39, 0.29) is 23.8 Å². The zero-order valence-corrected chi connectivity index (χ0v) is 20.1. The van der Waals surface area contributed by atoms with Gasteiger partial charge in [-0.3, -0.25) is 14.6 Å². The number of allylic oxidation sites excluding steroid dienone is 1. The van der Waals surface area contributed by atoms with Crippen LogP contribution in [-0.4, -0.2) is 63.5 Å². The smallest absolute Gasteiger partial charge is 0.252 e. The standard InChI is InChI=1S/C23H28N4O6S/c1-25-23(22(29)27-10-4-12-34(3,30)31)8-5-15(6-9-23)33-19-7-11-26-18-14-20(32-2)17(21(24)28)13-16(18)19/h5-8,11,13-14,25H,4,9-10,12H2,1-3H3,(H2,24,28)(H,27,29). The summed E-state index contributed by atoms with van der Waals surface area (Å²) in [4.78, 5) is 28.9. The molecular weight excluding hydrogens is 460 g/mol. The number of carbonyl (C=O) groups excluding carboxylic acids is 2. The van der Waals surface area contributed by atoms with E-state index in [9.17, 15) is 18.0 Å². The van der Waals surface area contributed by atoms with Gasteiger partial charge >= 0.3 is 0 Å². The van der Waals surface area contributed by atoms with Gasteiger partial charge in [0, 0.05) is 36.9 Å². The van der Waals surface area contributed by atoms with Crippen LogP contribution in [-0.2, 0) is 14.6 Å². The molecule has 1 aromatic heterocycles. The summed E-state index contributed by atoms with van der Waals surface area (Å²) >= 11 is 0. The van der Waals surface area contributed by atoms with Gasteiger partial charge in [0.15, 0.2) is 0 Å². The maximum Gasteiger partial charge on any atom is 0.252 e. The van der Waals surface area contributed by atoms with Gasteiger partial charge in [0.25, 0.3) is 5.91 Å². The summed E-state index contributed by atoms with van der Waals surface area (Å²) in [6, 6.07) is 4.87. The molecule has 1 aliphatic rings. The Bertz CT molecular complexity index is 1270. The molecule has 2 aromatic rings. The Hall–Kier alpha value is -3.44. The maximum absolute atomic E-state index is 12.8. The fourth-order valence-electron chi connectivity index (χ4n) is 3.58. The van der Waals surface area contributed by atoms with Crippen molar-refractivity contribution in [3.63, 3.8) is 0 Å². The Kier molecular flexibility index (Phi) is 7.57. The van der Waals surface area contributed by atoms with Gasteiger partial charge in [0.1, 0.15) is 32.6 Å². The second-order valence-corrected chi connectivity index (χ2v) is 10.2. The van der Waals surface area contributed by atoms with Crippen LogP contribution >= 0.6 is 0 Å². The summed E-state index contributed by atoms with van der Waals surface area (Å²) in [6.45, 7) is 0.255. The molecule has 0 aliphatic heterocycles. The third-order valence-electron chi connectivity index (χ3n) is 5.50. The molecule has 0 spiro atoms. The van der Waals surface area contributed by atoms with E-state index in [2.05, 4.69) is 15.6 Å². The first-order valence-electron chi connectivity index (χ1n) is 10.6. The third-order valence-corrected chi connectivity index (χ3v) is 6.53. The molecule has 10 nitrogen and oxygen atoms in total. The van der Waals surface area contributed by atoms with E-state index >= 15 is 0 Å². The number of rotatable bonds is 10. The number of hydrogen-bond acceptors (Lipinski definition) is 8. The molecule has 1 aliphatic carbocycles. The highest BCUT2D eigenvalue weighted by Gasteiger charge is 2.35. The topological polar surface area (TPSA) is 150 Å². The van der Waals surface area contributed by atoms with E-state index in [0.717, 1.165) is 6.26 Å². The quantitative estimate of drug-likeness (QED) is 0.421. The van der Waals surface area contributed by atoms with Crippen molar-refractivity contribution < 1.29 is 27.5 Å². The fraction of sp³-hybridized carbons (Fsp3) is 0.348. The lowest BCUT2D eigenvalue weighted by molar-refractivity contribution is -0.125. The first-order valence-corrected chi connectivity index (χ1v) is 12.6. The zero-order chi connectivity index (χ0) is 24.9. The van der Waals surface area contributed by atoms with E-state index in [1.54, 1.807) is 49.7 Å². The Morgan fingerprint density at radius 2 is 2.03 bits per heavy atom. The molecule has 34 heavy (non-hydrogen) atoms. The van der Waals surface area contributed by atoms with Crippen molar-refractivity contribution in [2.24, 2.45) is 5.73 Å². The predicted molar refractivity (Wildman–Crippen MR) is 128 cm³/mol. The summed E-state index contributed by atoms with van der Waals surface area (Å²) < 4.78 is 33.8. The molecule has 3 rings (SSSR count). The third kappa shape index (κ3) is 5.72. The van der Waals surface area contributed by atoms with Crippen molar-refractivity contribution in [2.75, 3.05) is 32.7 Å². The Labute approximate surface area is 198 Å². The average molecular weight is 489 g/mol. The Balaban J connectivity index is 1.75. The monoisotopic (exact) mass is 488 g/mol. The van der Waals surface area contributed by atoms with Gasteiger partial charge in [-0.1, -0.05) is 6.08 Å². The Morgan fingerprint density at radius 1 is 1.26 bits per heavy atom. The molecule has 1 atom stereocenters. The largest absolute Gasteiger partial charge is 0.496 e. The number of primary amides is 1. The molecule has 0 bridgehead atoms. The second kappa shape index (κ2) is 10.2. The van der Waals surface area contributed by atoms with E-state index < -0.39 is 21.3 Å². The Morgan fingerprint density at radius 3 is 2.62 bits per heavy atom. The average Bonchev–Trinajstić information content (AvgIpc) is 2.81. The summed E-state index contributed by atoms with van der Waals surface area (Å²) in [5, 5.41) is 6.39. The summed E-state index contributed by atoms with van der Waals surface area (Å²) in [5.74, 6) is 0.418. The minimum Gasteiger partial charge on any atom is -0.496 e. The van der Waals surface area contributed by atoms with Crippen LogP contribution in [0.3, 0.4) is 0 Å². The van der Waals surface area contributed by atoms with Gasteiger partial charge < -0.3 is 25.8 Å². The molecule has 1 unspecified atom stereocenters. The number of pyridine rings is 1. The lowest BCUT2D eigenvalue weighted by Gasteiger charge is -2.30. The van der Waals surface area contributed by atoms with Gasteiger partial charge in [0.05, 0.1) is 23.9 Å². The van der Waals surface area contributed by atoms with Crippen molar-refractivity contribution in [3.05, 3.63) is 53.9 Å². The first kappa shape index (κ1) is 25.2. The molecule has 1 heterocycles. The summed E-state index contributed by atoms with van der Waals surface area (Å²) in [7, 11) is 0.0457. The van der Waals surface area contributed by atoms with Crippen molar-refractivity contribution in [2.45, 2.75) is 18.4 Å². The molecule has 182 valence electrons. The maximum atomic E-state index is 12.8. The van der Waals surface area contributed by atoms with Crippen LogP contribution in [0.5, 0.6) is 11.5 Å². The van der Waals surface area contributed by atoms with Crippen molar-refractivity contribution >= 4 is 32.6 Å². The molecule has 0 fully saturated rings. The van der Waals surface area contributed by atoms with Gasteiger partial charge in [-0.15, -0.1) is 0 Å². The molecule has 0 saturated heterocycles. The SMILES string of the molecule is CNC1(C(=O)NCCCS(C)(=O)=O)C=CC(Oc2ccnc3cc(OC)c(C(N)=O)cc23)=CC1. The number of ether oxygens (including phenoxy) is 2. The number of hydrogen-bond donors (Lipinski definition) is 3. The molecule has 0 saturated carbocycles. The number of aromatic nitrogens is 1. The molecular formula is C23H28N4O6S. The molecule has 4 N–H and O–H groups in total. The number of benzene rings is 1. The van der Waals surface area contributed by atoms with Crippen molar-refractivity contribution in [1.29, 1.82) is 0 Å². The van der Waals surface area contributed by atoms with E-state index in [0.29, 0.717) is 41.0 Å². The van der Waals surface area contributed by atoms with Crippen LogP contribution in [0.4, 0.5) is 0 Å². The van der Waals surface area contributed by atoms with E-state index in [4.69, 9.17) is 15.2 Å². The van der Waals surface area contributed by atoms with Gasteiger partial charge in [-0.05, 0) is 37.8 Å². The number of nitrogens with zero attached hydrogens (tertiary/aromatic N) is 1. The normalized spacial score (nSPS) is 17.8. The second-order valence-electron chi connectivity index (χ2n) is 7.95. The number of sulfone groups is 1. The number of methoxy groups -OCH3 is 1. The van der Waals surface area contributed by atoms with Crippen LogP contribution in [0, 0.1) is 0 Å². The van der Waals surface area contributed by atoms with Crippen LogP contribution in [0.15, 0.2) is 48.4 Å².